The molecule has 0 heterocycles. The molecule has 0 aliphatic heterocycles. The predicted octanol–water partition coefficient (Wildman–Crippen LogP) is 1.43. The molecule has 0 aliphatic rings. The molecule has 0 aliphatic carbocycles. The van der Waals surface area contributed by atoms with Crippen LogP contribution in [0, 0.1) is 0 Å². The van der Waals surface area contributed by atoms with Crippen LogP contribution in [0.25, 0.3) is 0 Å². The molecule has 1 nitrogen and oxygen atoms in total. The Kier molecular flexibility index (Phi) is 1.76. The molecule has 0 atom stereocenters. The van der Waals surface area contributed by atoms with Gasteiger partial charge < -0.3 is 5.48 Å². The fraction of sp³-hybridized carbons (Fsp3) is 0. The summed E-state index contributed by atoms with van der Waals surface area (Å²) in [4.78, 5) is 0. The molecule has 0 saturated carbocycles. The fourth-order valence-electron chi connectivity index (χ4n) is 0. The van der Waals surface area contributed by atoms with E-state index < -0.39 is 19.5 Å². The smallest absolute Gasteiger partial charge is 1.00 e. The summed E-state index contributed by atoms with van der Waals surface area (Å²) in [6, 6.07) is 0. The van der Waals surface area contributed by atoms with Crippen molar-refractivity contribution in [3.63, 3.8) is 0 Å². The van der Waals surface area contributed by atoms with Gasteiger partial charge in [0.2, 0.25) is 0 Å². The molecule has 56 valence electrons. The number of hydrogen-bond donors (Lipinski definition) is 0. The Morgan fingerprint density at radius 2 is 0.750 bits per heavy atom. The zero-order chi connectivity index (χ0) is 6.41. The van der Waals surface area contributed by atoms with E-state index in [9.17, 15) is 16.9 Å². The number of halogens is 6. The van der Waals surface area contributed by atoms with Crippen LogP contribution in [0.1, 0.15) is 1.43 Å². The minimum atomic E-state index is -11.2. The van der Waals surface area contributed by atoms with Crippen LogP contribution in [0.3, 0.4) is 0 Å². The Morgan fingerprint density at radius 3 is 0.750 bits per heavy atom. The zero-order valence-corrected chi connectivity index (χ0v) is 5.77. The summed E-state index contributed by atoms with van der Waals surface area (Å²) in [6.45, 7) is 0. The summed E-state index contributed by atoms with van der Waals surface area (Å²) < 4.78 is 59.6. The summed E-state index contributed by atoms with van der Waals surface area (Å²) in [6.07, 6.45) is 0. The van der Waals surface area contributed by atoms with Gasteiger partial charge in [0.1, 0.15) is 0 Å². The van der Waals surface area contributed by atoms with Crippen LogP contribution in [0.5, 0.6) is 0 Å². The molecule has 0 fully saturated rings. The third-order valence-corrected chi connectivity index (χ3v) is 0. The van der Waals surface area contributed by atoms with E-state index in [1.54, 1.807) is 0 Å². The van der Waals surface area contributed by atoms with Crippen molar-refractivity contribution < 1.29 is 23.8 Å². The molecule has 0 saturated heterocycles. The minimum Gasteiger partial charge on any atom is 1.00 e. The second kappa shape index (κ2) is 1.26. The number of rotatable bonds is 0. The maximum atomic E-state index is 9.93. The Bertz CT molecular complexity index is 71.6. The molecule has 0 bridgehead atoms. The fourth-order valence-corrected chi connectivity index (χ4v) is 0. The first-order valence-electron chi connectivity index (χ1n) is 1.01. The normalized spacial score (nSPS) is 20.2. The van der Waals surface area contributed by atoms with Crippen molar-refractivity contribution in [2.75, 3.05) is 0 Å². The molecule has 0 aromatic carbocycles. The molecule has 8 heavy (non-hydrogen) atoms. The first-order valence-corrected chi connectivity index (χ1v) is 6.80. The van der Waals surface area contributed by atoms with Gasteiger partial charge in [0.05, 0.1) is 0 Å². The van der Waals surface area contributed by atoms with E-state index in [-0.39, 0.29) is 6.90 Å². The van der Waals surface area contributed by atoms with Gasteiger partial charge in [-0.15, -0.1) is 0 Å². The van der Waals surface area contributed by atoms with Crippen LogP contribution in [-0.4, -0.2) is 25.0 Å². The maximum Gasteiger partial charge on any atom is 1.00 e. The van der Waals surface area contributed by atoms with Crippen molar-refractivity contribution in [3.8, 4) is 0 Å². The van der Waals surface area contributed by atoms with Crippen LogP contribution in [-0.2, 0) is 0 Å². The maximum absolute atomic E-state index is 11.2. The monoisotopic (exact) mass is 254 g/mol. The minimum absolute atomic E-state index is 0. The second-order valence-corrected chi connectivity index (χ2v) is 6.43. The predicted molar refractivity (Wildman–Crippen MR) is 17.1 cm³/mol. The third kappa shape index (κ3) is 1420. The Morgan fingerprint density at radius 1 is 0.750 bits per heavy atom. The van der Waals surface area contributed by atoms with Crippen LogP contribution in [0.4, 0.5) is 16.9 Å². The molecule has 0 radical (unpaired) electrons. The van der Waals surface area contributed by atoms with Gasteiger partial charge in [-0.2, -0.15) is 0 Å². The molecule has 0 aromatic rings. The van der Waals surface area contributed by atoms with Gasteiger partial charge in [0.25, 0.3) is 0 Å². The SMILES string of the molecule is O.[F][Sb-]([F])([F])([F])([F])[F].[H+]. The zero-order valence-electron chi connectivity index (χ0n) is 4.22. The van der Waals surface area contributed by atoms with Gasteiger partial charge in [-0.05, 0) is 0 Å². The van der Waals surface area contributed by atoms with E-state index in [0.717, 1.165) is 0 Å². The van der Waals surface area contributed by atoms with Gasteiger partial charge in [-0.25, -0.2) is 0 Å². The largest absolute Gasteiger partial charge is 1.00 e. The topological polar surface area (TPSA) is 31.5 Å². The van der Waals surface area contributed by atoms with Crippen molar-refractivity contribution in [1.29, 1.82) is 0 Å². The summed E-state index contributed by atoms with van der Waals surface area (Å²) in [5.41, 5.74) is 0. The summed E-state index contributed by atoms with van der Waals surface area (Å²) >= 11 is -11.2. The van der Waals surface area contributed by atoms with E-state index in [2.05, 4.69) is 0 Å². The molecule has 0 rings (SSSR count). The van der Waals surface area contributed by atoms with E-state index in [1.165, 1.54) is 0 Å². The van der Waals surface area contributed by atoms with Gasteiger partial charge >= 0.3 is 37.8 Å². The molecule has 2 N–H and O–H groups in total. The Labute approximate surface area is 44.0 Å². The molecule has 0 aromatic heterocycles. The third-order valence-electron chi connectivity index (χ3n) is 0. The van der Waals surface area contributed by atoms with Gasteiger partial charge in [-0.1, -0.05) is 0 Å². The summed E-state index contributed by atoms with van der Waals surface area (Å²) in [5, 5.41) is 0. The van der Waals surface area contributed by atoms with Crippen LogP contribution >= 0.6 is 0 Å². The first-order chi connectivity index (χ1) is 2.45. The van der Waals surface area contributed by atoms with Crippen LogP contribution in [0.2, 0.25) is 0 Å². The average Bonchev–Trinajstić information content (AvgIpc) is 0.592. The van der Waals surface area contributed by atoms with Crippen molar-refractivity contribution in [2.24, 2.45) is 0 Å². The van der Waals surface area contributed by atoms with E-state index in [4.69, 9.17) is 0 Å². The Hall–Kier alpha value is 0.358. The quantitative estimate of drug-likeness (QED) is 0.463. The van der Waals surface area contributed by atoms with Gasteiger partial charge in [0, 0.05) is 0 Å². The summed E-state index contributed by atoms with van der Waals surface area (Å²) in [7, 11) is 0. The second-order valence-electron chi connectivity index (χ2n) is 0.958. The van der Waals surface area contributed by atoms with Gasteiger partial charge in [-0.3, -0.25) is 0 Å². The van der Waals surface area contributed by atoms with Crippen molar-refractivity contribution in [1.82, 2.24) is 0 Å². The van der Waals surface area contributed by atoms with Crippen molar-refractivity contribution >= 4 is 19.5 Å². The van der Waals surface area contributed by atoms with Crippen LogP contribution < -0.4 is 0 Å². The molecular weight excluding hydrogens is 252 g/mol. The average molecular weight is 255 g/mol. The number of hydrogen-bond acceptors (Lipinski definition) is 0. The van der Waals surface area contributed by atoms with E-state index >= 15 is 0 Å². The van der Waals surface area contributed by atoms with E-state index in [1.807, 2.05) is 0 Å². The molecule has 0 unspecified atom stereocenters. The standard InChI is InChI=1S/6FH.H2O.Sb/h6*1H;1H2;/q;;;;;;;+5/p-5. The molecule has 0 spiro atoms. The van der Waals surface area contributed by atoms with Crippen molar-refractivity contribution in [3.05, 3.63) is 0 Å². The van der Waals surface area contributed by atoms with Crippen molar-refractivity contribution in [2.45, 2.75) is 0 Å². The van der Waals surface area contributed by atoms with Crippen LogP contribution in [0.15, 0.2) is 0 Å². The molecular formula is H3F6OSb. The first kappa shape index (κ1) is 11.2. The Balaban J connectivity index is -0.000000180. The molecule has 8 heteroatoms. The van der Waals surface area contributed by atoms with Gasteiger partial charge in [0.15, 0.2) is 0 Å². The molecule has 0 amide bonds. The van der Waals surface area contributed by atoms with E-state index in [0.29, 0.717) is 0 Å². The summed E-state index contributed by atoms with van der Waals surface area (Å²) in [5.74, 6) is 0.